The van der Waals surface area contributed by atoms with E-state index in [2.05, 4.69) is 39.0 Å². The number of carbonyl (C=O) groups is 2. The predicted octanol–water partition coefficient (Wildman–Crippen LogP) is 6.54. The molecule has 2 aliphatic rings. The van der Waals surface area contributed by atoms with Crippen LogP contribution in [0.4, 0.5) is 0 Å². The zero-order valence-electron chi connectivity index (χ0n) is 24.1. The lowest BCUT2D eigenvalue weighted by Gasteiger charge is -2.27. The Labute approximate surface area is 224 Å². The van der Waals surface area contributed by atoms with Crippen molar-refractivity contribution in [2.75, 3.05) is 6.61 Å². The van der Waals surface area contributed by atoms with E-state index in [1.165, 1.54) is 6.08 Å². The largest absolute Gasteiger partial charge is 0.454 e. The molecule has 206 valence electrons. The number of rotatable bonds is 12. The molecule has 0 spiro atoms. The van der Waals surface area contributed by atoms with Crippen molar-refractivity contribution in [1.82, 2.24) is 0 Å². The monoisotopic (exact) mass is 512 g/mol. The summed E-state index contributed by atoms with van der Waals surface area (Å²) in [5, 5.41) is 9.35. The molecule has 0 saturated carbocycles. The molecule has 0 aliphatic carbocycles. The van der Waals surface area contributed by atoms with E-state index in [0.29, 0.717) is 18.3 Å². The second kappa shape index (κ2) is 14.1. The molecule has 2 heterocycles. The van der Waals surface area contributed by atoms with Crippen LogP contribution in [0.25, 0.3) is 0 Å². The van der Waals surface area contributed by atoms with Crippen molar-refractivity contribution in [1.29, 1.82) is 0 Å². The zero-order chi connectivity index (χ0) is 27.8. The average molecular weight is 513 g/mol. The quantitative estimate of drug-likeness (QED) is 0.237. The van der Waals surface area contributed by atoms with Crippen molar-refractivity contribution in [3.05, 3.63) is 59.8 Å². The Balaban J connectivity index is 1.87. The summed E-state index contributed by atoms with van der Waals surface area (Å²) in [4.78, 5) is 24.6. The van der Waals surface area contributed by atoms with Gasteiger partial charge in [-0.25, -0.2) is 4.79 Å². The van der Waals surface area contributed by atoms with Gasteiger partial charge in [-0.3, -0.25) is 4.79 Å². The van der Waals surface area contributed by atoms with Gasteiger partial charge < -0.3 is 14.6 Å². The van der Waals surface area contributed by atoms with Gasteiger partial charge in [-0.2, -0.15) is 0 Å². The summed E-state index contributed by atoms with van der Waals surface area (Å²) in [5.41, 5.74) is 1.87. The van der Waals surface area contributed by atoms with Gasteiger partial charge in [0.05, 0.1) is 11.7 Å². The Morgan fingerprint density at radius 3 is 2.51 bits per heavy atom. The number of hydrogen-bond donors (Lipinski definition) is 1. The maximum Gasteiger partial charge on any atom is 0.331 e. The smallest absolute Gasteiger partial charge is 0.331 e. The van der Waals surface area contributed by atoms with Gasteiger partial charge in [-0.05, 0) is 57.9 Å². The second-order valence-electron chi connectivity index (χ2n) is 11.6. The minimum absolute atomic E-state index is 0.0995. The Kier molecular flexibility index (Phi) is 11.8. The maximum absolute atomic E-state index is 13.2. The fourth-order valence-electron chi connectivity index (χ4n) is 5.51. The van der Waals surface area contributed by atoms with Crippen molar-refractivity contribution >= 4 is 11.8 Å². The molecule has 8 unspecified atom stereocenters. The molecule has 0 bridgehead atoms. The molecule has 0 aromatic heterocycles. The molecular weight excluding hydrogens is 464 g/mol. The minimum atomic E-state index is -0.344. The van der Waals surface area contributed by atoms with Gasteiger partial charge in [0.2, 0.25) is 0 Å². The Bertz CT molecular complexity index is 939. The van der Waals surface area contributed by atoms with Crippen LogP contribution < -0.4 is 0 Å². The first-order chi connectivity index (χ1) is 17.3. The van der Waals surface area contributed by atoms with Crippen LogP contribution in [0.2, 0.25) is 0 Å². The SMILES string of the molecule is CC(=C/C(C)C/C=C/C(C)=C/C(C)C(=O)C(C)C1OC(C)(CCO)CC1C)/C=C/C1OC(=O)C=CC1C. The molecule has 0 aromatic carbocycles. The summed E-state index contributed by atoms with van der Waals surface area (Å²) in [6.07, 6.45) is 17.9. The molecule has 5 nitrogen and oxygen atoms in total. The van der Waals surface area contributed by atoms with Crippen molar-refractivity contribution in [3.63, 3.8) is 0 Å². The molecule has 0 aromatic rings. The number of ketones is 1. The van der Waals surface area contributed by atoms with Crippen LogP contribution in [0.15, 0.2) is 59.8 Å². The van der Waals surface area contributed by atoms with Crippen LogP contribution in [-0.4, -0.2) is 41.3 Å². The van der Waals surface area contributed by atoms with E-state index < -0.39 is 0 Å². The van der Waals surface area contributed by atoms with Gasteiger partial charge in [0.1, 0.15) is 11.9 Å². The molecule has 1 fully saturated rings. The van der Waals surface area contributed by atoms with Crippen LogP contribution in [0.1, 0.15) is 74.7 Å². The summed E-state index contributed by atoms with van der Waals surface area (Å²) in [5.74, 6) is 0.363. The summed E-state index contributed by atoms with van der Waals surface area (Å²) < 4.78 is 11.6. The van der Waals surface area contributed by atoms with Gasteiger partial charge in [-0.15, -0.1) is 0 Å². The maximum atomic E-state index is 13.2. The lowest BCUT2D eigenvalue weighted by molar-refractivity contribution is -0.143. The molecule has 1 saturated heterocycles. The first-order valence-corrected chi connectivity index (χ1v) is 13.8. The van der Waals surface area contributed by atoms with Gasteiger partial charge in [0.25, 0.3) is 0 Å². The minimum Gasteiger partial charge on any atom is -0.454 e. The van der Waals surface area contributed by atoms with Crippen LogP contribution >= 0.6 is 0 Å². The van der Waals surface area contributed by atoms with E-state index in [4.69, 9.17) is 9.47 Å². The van der Waals surface area contributed by atoms with Crippen molar-refractivity contribution in [2.24, 2.45) is 29.6 Å². The number of allylic oxidation sites excluding steroid dienone is 7. The highest BCUT2D eigenvalue weighted by molar-refractivity contribution is 5.85. The van der Waals surface area contributed by atoms with Crippen molar-refractivity contribution in [3.8, 4) is 0 Å². The highest BCUT2D eigenvalue weighted by atomic mass is 16.5. The van der Waals surface area contributed by atoms with E-state index in [9.17, 15) is 14.7 Å². The third-order valence-corrected chi connectivity index (χ3v) is 7.57. The van der Waals surface area contributed by atoms with Crippen LogP contribution in [-0.2, 0) is 19.1 Å². The van der Waals surface area contributed by atoms with E-state index in [0.717, 1.165) is 24.0 Å². The lowest BCUT2D eigenvalue weighted by Crippen LogP contribution is -2.34. The van der Waals surface area contributed by atoms with E-state index in [-0.39, 0.29) is 53.9 Å². The summed E-state index contributed by atoms with van der Waals surface area (Å²) >= 11 is 0. The normalized spacial score (nSPS) is 31.6. The second-order valence-corrected chi connectivity index (χ2v) is 11.6. The molecule has 37 heavy (non-hydrogen) atoms. The summed E-state index contributed by atoms with van der Waals surface area (Å²) in [6, 6.07) is 0. The predicted molar refractivity (Wildman–Crippen MR) is 150 cm³/mol. The molecule has 2 aliphatic heterocycles. The Hall–Kier alpha value is -2.24. The number of cyclic esters (lactones) is 1. The zero-order valence-corrected chi connectivity index (χ0v) is 24.1. The first kappa shape index (κ1) is 31.0. The topological polar surface area (TPSA) is 72.8 Å². The molecule has 0 radical (unpaired) electrons. The standard InChI is InChI=1S/C32H48O5/c1-21(18-23(3)12-14-28-24(4)13-15-29(34)36-28)10-9-11-22(2)19-25(5)30(35)27(7)31-26(6)20-32(8,37-31)16-17-33/h9,11-15,18-19,21,24-28,31,33H,10,16-17,20H2,1-8H3/b11-9+,14-12+,22-19+,23-18-. The Morgan fingerprint density at radius 2 is 1.84 bits per heavy atom. The van der Waals surface area contributed by atoms with Gasteiger partial charge >= 0.3 is 5.97 Å². The molecule has 8 atom stereocenters. The molecule has 1 N–H and O–H groups in total. The average Bonchev–Trinajstić information content (AvgIpc) is 3.12. The summed E-state index contributed by atoms with van der Waals surface area (Å²) in [6.45, 7) is 16.5. The molecule has 2 rings (SSSR count). The van der Waals surface area contributed by atoms with Crippen LogP contribution in [0.5, 0.6) is 0 Å². The van der Waals surface area contributed by atoms with E-state index in [1.54, 1.807) is 0 Å². The number of aliphatic hydroxyl groups excluding tert-OH is 1. The Morgan fingerprint density at radius 1 is 1.16 bits per heavy atom. The van der Waals surface area contributed by atoms with E-state index in [1.807, 2.05) is 58.9 Å². The van der Waals surface area contributed by atoms with Gasteiger partial charge in [0, 0.05) is 30.4 Å². The summed E-state index contributed by atoms with van der Waals surface area (Å²) in [7, 11) is 0. The molecule has 0 amide bonds. The van der Waals surface area contributed by atoms with Crippen LogP contribution in [0.3, 0.4) is 0 Å². The van der Waals surface area contributed by atoms with Crippen molar-refractivity contribution in [2.45, 2.75) is 92.5 Å². The number of Topliss-reactive ketones (excluding diaryl/α,β-unsaturated/α-hetero) is 1. The van der Waals surface area contributed by atoms with Crippen LogP contribution in [0, 0.1) is 29.6 Å². The third kappa shape index (κ3) is 9.54. The number of hydrogen-bond acceptors (Lipinski definition) is 5. The van der Waals surface area contributed by atoms with Crippen molar-refractivity contribution < 1.29 is 24.2 Å². The van der Waals surface area contributed by atoms with Gasteiger partial charge in [0.15, 0.2) is 0 Å². The highest BCUT2D eigenvalue weighted by Crippen LogP contribution is 2.40. The highest BCUT2D eigenvalue weighted by Gasteiger charge is 2.44. The molecule has 5 heteroatoms. The van der Waals surface area contributed by atoms with Gasteiger partial charge in [-0.1, -0.05) is 82.2 Å². The fraction of sp³-hybridized carbons (Fsp3) is 0.625. The third-order valence-electron chi connectivity index (χ3n) is 7.57. The lowest BCUT2D eigenvalue weighted by atomic mass is 9.83. The fourth-order valence-corrected chi connectivity index (χ4v) is 5.51. The number of ether oxygens (including phenoxy) is 2. The molecular formula is C32H48O5. The van der Waals surface area contributed by atoms with E-state index >= 15 is 0 Å². The number of carbonyl (C=O) groups excluding carboxylic acids is 2. The number of esters is 1. The first-order valence-electron chi connectivity index (χ1n) is 13.8. The number of aliphatic hydroxyl groups is 1.